The molecule has 3 nitrogen and oxygen atoms in total. The molecule has 2 aromatic rings. The number of rotatable bonds is 6. The summed E-state index contributed by atoms with van der Waals surface area (Å²) in [5.74, 6) is 1.43. The zero-order valence-electron chi connectivity index (χ0n) is 12.5. The van der Waals surface area contributed by atoms with Gasteiger partial charge in [-0.25, -0.2) is 0 Å². The van der Waals surface area contributed by atoms with E-state index in [4.69, 9.17) is 15.2 Å². The Morgan fingerprint density at radius 3 is 2.52 bits per heavy atom. The van der Waals surface area contributed by atoms with Crippen LogP contribution in [0.4, 0.5) is 0 Å². The van der Waals surface area contributed by atoms with Gasteiger partial charge in [0.15, 0.2) is 11.5 Å². The van der Waals surface area contributed by atoms with Gasteiger partial charge < -0.3 is 15.2 Å². The molecule has 3 heteroatoms. The standard InChI is InChI=1S/C18H21NO2/c1-14(19)16-10-11-17(18(13-16)20-2)21-12-6-9-15-7-4-3-5-8-15/h3-11,13-14H,12,19H2,1-2H3/t14-/m0/s1. The fourth-order valence-electron chi connectivity index (χ4n) is 1.97. The molecular formula is C18H21NO2. The van der Waals surface area contributed by atoms with Crippen LogP contribution in [0, 0.1) is 0 Å². The topological polar surface area (TPSA) is 44.5 Å². The van der Waals surface area contributed by atoms with Crippen molar-refractivity contribution in [2.24, 2.45) is 5.73 Å². The highest BCUT2D eigenvalue weighted by Crippen LogP contribution is 2.29. The van der Waals surface area contributed by atoms with E-state index in [1.54, 1.807) is 7.11 Å². The molecule has 0 spiro atoms. The maximum Gasteiger partial charge on any atom is 0.161 e. The monoisotopic (exact) mass is 283 g/mol. The van der Waals surface area contributed by atoms with Gasteiger partial charge in [0.05, 0.1) is 7.11 Å². The summed E-state index contributed by atoms with van der Waals surface area (Å²) < 4.78 is 11.1. The number of methoxy groups -OCH3 is 1. The van der Waals surface area contributed by atoms with Gasteiger partial charge in [-0.05, 0) is 36.3 Å². The van der Waals surface area contributed by atoms with Crippen LogP contribution in [-0.2, 0) is 0 Å². The van der Waals surface area contributed by atoms with Crippen molar-refractivity contribution in [3.05, 3.63) is 65.7 Å². The normalized spacial score (nSPS) is 12.3. The number of nitrogens with two attached hydrogens (primary N) is 1. The van der Waals surface area contributed by atoms with E-state index in [9.17, 15) is 0 Å². The number of benzene rings is 2. The second kappa shape index (κ2) is 7.50. The first-order valence-electron chi connectivity index (χ1n) is 6.98. The third-order valence-electron chi connectivity index (χ3n) is 3.16. The van der Waals surface area contributed by atoms with Crippen LogP contribution >= 0.6 is 0 Å². The molecule has 0 aliphatic rings. The first-order chi connectivity index (χ1) is 10.2. The summed E-state index contributed by atoms with van der Waals surface area (Å²) in [4.78, 5) is 0. The van der Waals surface area contributed by atoms with Crippen LogP contribution in [0.5, 0.6) is 11.5 Å². The van der Waals surface area contributed by atoms with Gasteiger partial charge >= 0.3 is 0 Å². The number of ether oxygens (including phenoxy) is 2. The Labute approximate surface area is 126 Å². The quantitative estimate of drug-likeness (QED) is 0.876. The molecule has 0 bridgehead atoms. The summed E-state index contributed by atoms with van der Waals surface area (Å²) in [6.45, 7) is 2.43. The van der Waals surface area contributed by atoms with Gasteiger partial charge in [-0.1, -0.05) is 42.5 Å². The molecule has 110 valence electrons. The Morgan fingerprint density at radius 2 is 1.86 bits per heavy atom. The summed E-state index contributed by atoms with van der Waals surface area (Å²) >= 11 is 0. The van der Waals surface area contributed by atoms with Gasteiger partial charge in [-0.2, -0.15) is 0 Å². The molecule has 21 heavy (non-hydrogen) atoms. The number of hydrogen-bond donors (Lipinski definition) is 1. The van der Waals surface area contributed by atoms with Crippen molar-refractivity contribution in [3.8, 4) is 11.5 Å². The maximum atomic E-state index is 5.87. The molecule has 2 aromatic carbocycles. The first-order valence-corrected chi connectivity index (χ1v) is 6.98. The summed E-state index contributed by atoms with van der Waals surface area (Å²) in [5.41, 5.74) is 8.05. The molecule has 0 saturated heterocycles. The lowest BCUT2D eigenvalue weighted by molar-refractivity contribution is 0.326. The molecule has 2 N–H and O–H groups in total. The molecule has 0 fully saturated rings. The Balaban J connectivity index is 1.98. The van der Waals surface area contributed by atoms with Crippen LogP contribution in [0.1, 0.15) is 24.1 Å². The van der Waals surface area contributed by atoms with Gasteiger partial charge in [0.1, 0.15) is 6.61 Å². The predicted molar refractivity (Wildman–Crippen MR) is 86.6 cm³/mol. The fourth-order valence-corrected chi connectivity index (χ4v) is 1.97. The molecule has 1 atom stereocenters. The Bertz CT molecular complexity index is 591. The lowest BCUT2D eigenvalue weighted by Gasteiger charge is -2.12. The Hall–Kier alpha value is -2.26. The lowest BCUT2D eigenvalue weighted by atomic mass is 10.1. The molecule has 2 rings (SSSR count). The van der Waals surface area contributed by atoms with E-state index in [1.807, 2.05) is 55.5 Å². The van der Waals surface area contributed by atoms with E-state index in [1.165, 1.54) is 0 Å². The Morgan fingerprint density at radius 1 is 1.10 bits per heavy atom. The largest absolute Gasteiger partial charge is 0.493 e. The van der Waals surface area contributed by atoms with Gasteiger partial charge in [-0.3, -0.25) is 0 Å². The molecule has 0 heterocycles. The second-order valence-electron chi connectivity index (χ2n) is 4.82. The smallest absolute Gasteiger partial charge is 0.161 e. The Kier molecular flexibility index (Phi) is 5.41. The zero-order chi connectivity index (χ0) is 15.1. The van der Waals surface area contributed by atoms with Crippen LogP contribution in [0.25, 0.3) is 6.08 Å². The average molecular weight is 283 g/mol. The van der Waals surface area contributed by atoms with Crippen LogP contribution in [-0.4, -0.2) is 13.7 Å². The van der Waals surface area contributed by atoms with E-state index in [0.717, 1.165) is 16.9 Å². The molecular weight excluding hydrogens is 262 g/mol. The molecule has 0 saturated carbocycles. The van der Waals surface area contributed by atoms with E-state index >= 15 is 0 Å². The minimum absolute atomic E-state index is 0.0223. The number of hydrogen-bond acceptors (Lipinski definition) is 3. The van der Waals surface area contributed by atoms with Crippen LogP contribution in [0.15, 0.2) is 54.6 Å². The third-order valence-corrected chi connectivity index (χ3v) is 3.16. The highest BCUT2D eigenvalue weighted by atomic mass is 16.5. The highest BCUT2D eigenvalue weighted by Gasteiger charge is 2.07. The van der Waals surface area contributed by atoms with Gasteiger partial charge in [0, 0.05) is 6.04 Å². The van der Waals surface area contributed by atoms with Crippen molar-refractivity contribution in [2.45, 2.75) is 13.0 Å². The van der Waals surface area contributed by atoms with E-state index in [-0.39, 0.29) is 6.04 Å². The summed E-state index contributed by atoms with van der Waals surface area (Å²) in [6.07, 6.45) is 4.01. The maximum absolute atomic E-state index is 5.87. The minimum Gasteiger partial charge on any atom is -0.493 e. The van der Waals surface area contributed by atoms with Gasteiger partial charge in [0.2, 0.25) is 0 Å². The molecule has 0 unspecified atom stereocenters. The molecule has 0 aromatic heterocycles. The zero-order valence-corrected chi connectivity index (χ0v) is 12.5. The summed E-state index contributed by atoms with van der Waals surface area (Å²) in [6, 6.07) is 15.9. The SMILES string of the molecule is COc1cc([C@H](C)N)ccc1OCC=Cc1ccccc1. The van der Waals surface area contributed by atoms with E-state index < -0.39 is 0 Å². The summed E-state index contributed by atoms with van der Waals surface area (Å²) in [7, 11) is 1.63. The summed E-state index contributed by atoms with van der Waals surface area (Å²) in [5, 5.41) is 0. The van der Waals surface area contributed by atoms with Gasteiger partial charge in [-0.15, -0.1) is 0 Å². The van der Waals surface area contributed by atoms with Crippen molar-refractivity contribution in [1.82, 2.24) is 0 Å². The van der Waals surface area contributed by atoms with Crippen molar-refractivity contribution in [1.29, 1.82) is 0 Å². The minimum atomic E-state index is -0.0223. The van der Waals surface area contributed by atoms with Crippen LogP contribution in [0.3, 0.4) is 0 Å². The van der Waals surface area contributed by atoms with Crippen molar-refractivity contribution in [2.75, 3.05) is 13.7 Å². The molecule has 0 amide bonds. The molecule has 0 radical (unpaired) electrons. The second-order valence-corrected chi connectivity index (χ2v) is 4.82. The van der Waals surface area contributed by atoms with Crippen LogP contribution < -0.4 is 15.2 Å². The lowest BCUT2D eigenvalue weighted by Crippen LogP contribution is -2.05. The molecule has 0 aliphatic carbocycles. The fraction of sp³-hybridized carbons (Fsp3) is 0.222. The van der Waals surface area contributed by atoms with Gasteiger partial charge in [0.25, 0.3) is 0 Å². The van der Waals surface area contributed by atoms with Crippen molar-refractivity contribution in [3.63, 3.8) is 0 Å². The third kappa shape index (κ3) is 4.36. The first kappa shape index (κ1) is 15.1. The van der Waals surface area contributed by atoms with E-state index in [0.29, 0.717) is 12.4 Å². The highest BCUT2D eigenvalue weighted by molar-refractivity contribution is 5.49. The van der Waals surface area contributed by atoms with E-state index in [2.05, 4.69) is 12.1 Å². The van der Waals surface area contributed by atoms with Crippen molar-refractivity contribution < 1.29 is 9.47 Å². The van der Waals surface area contributed by atoms with Crippen molar-refractivity contribution >= 4 is 6.08 Å². The average Bonchev–Trinajstić information content (AvgIpc) is 2.52. The molecule has 0 aliphatic heterocycles. The van der Waals surface area contributed by atoms with Crippen LogP contribution in [0.2, 0.25) is 0 Å². The predicted octanol–water partition coefficient (Wildman–Crippen LogP) is 3.81.